The van der Waals surface area contributed by atoms with Gasteiger partial charge in [-0.2, -0.15) is 0 Å². The fraction of sp³-hybridized carbons (Fsp3) is 0.429. The van der Waals surface area contributed by atoms with Crippen molar-refractivity contribution < 1.29 is 4.39 Å². The van der Waals surface area contributed by atoms with Crippen molar-refractivity contribution in [2.45, 2.75) is 46.1 Å². The minimum Gasteiger partial charge on any atom is -0.292 e. The molecule has 2 aromatic carbocycles. The number of benzene rings is 2. The SMILES string of the molecule is Cc1cc(C(c2c(C)cccc2C)N2CCCCC2)ccc1F. The Kier molecular flexibility index (Phi) is 4.82. The summed E-state index contributed by atoms with van der Waals surface area (Å²) >= 11 is 0. The highest BCUT2D eigenvalue weighted by Crippen LogP contribution is 2.35. The zero-order chi connectivity index (χ0) is 16.4. The van der Waals surface area contributed by atoms with Gasteiger partial charge in [-0.1, -0.05) is 36.8 Å². The van der Waals surface area contributed by atoms with Gasteiger partial charge >= 0.3 is 0 Å². The predicted molar refractivity (Wildman–Crippen MR) is 94.3 cm³/mol. The van der Waals surface area contributed by atoms with Crippen LogP contribution < -0.4 is 0 Å². The molecule has 0 bridgehead atoms. The fourth-order valence-electron chi connectivity index (χ4n) is 3.83. The number of hydrogen-bond donors (Lipinski definition) is 0. The summed E-state index contributed by atoms with van der Waals surface area (Å²) in [6, 6.07) is 12.3. The second-order valence-corrected chi connectivity index (χ2v) is 6.81. The summed E-state index contributed by atoms with van der Waals surface area (Å²) in [4.78, 5) is 2.57. The topological polar surface area (TPSA) is 3.24 Å². The van der Waals surface area contributed by atoms with Gasteiger partial charge in [0.15, 0.2) is 0 Å². The van der Waals surface area contributed by atoms with E-state index >= 15 is 0 Å². The quantitative estimate of drug-likeness (QED) is 0.741. The summed E-state index contributed by atoms with van der Waals surface area (Å²) in [6.07, 6.45) is 3.82. The Bertz CT molecular complexity index is 666. The van der Waals surface area contributed by atoms with Crippen LogP contribution in [0.25, 0.3) is 0 Å². The summed E-state index contributed by atoms with van der Waals surface area (Å²) in [5.74, 6) is -0.118. The number of nitrogens with zero attached hydrogens (tertiary/aromatic N) is 1. The average Bonchev–Trinajstić information content (AvgIpc) is 2.55. The second-order valence-electron chi connectivity index (χ2n) is 6.81. The molecule has 2 aromatic rings. The summed E-state index contributed by atoms with van der Waals surface area (Å²) in [6.45, 7) is 8.48. The van der Waals surface area contributed by atoms with E-state index in [2.05, 4.69) is 36.9 Å². The van der Waals surface area contributed by atoms with Crippen LogP contribution in [-0.4, -0.2) is 18.0 Å². The van der Waals surface area contributed by atoms with E-state index < -0.39 is 0 Å². The Morgan fingerprint density at radius 3 is 2.13 bits per heavy atom. The van der Waals surface area contributed by atoms with Crippen molar-refractivity contribution in [3.8, 4) is 0 Å². The van der Waals surface area contributed by atoms with Gasteiger partial charge in [-0.15, -0.1) is 0 Å². The molecule has 0 spiro atoms. The van der Waals surface area contributed by atoms with Crippen molar-refractivity contribution >= 4 is 0 Å². The van der Waals surface area contributed by atoms with Gasteiger partial charge in [-0.25, -0.2) is 4.39 Å². The monoisotopic (exact) mass is 311 g/mol. The van der Waals surface area contributed by atoms with E-state index in [0.717, 1.165) is 18.7 Å². The molecule has 0 aliphatic carbocycles. The van der Waals surface area contributed by atoms with Crippen LogP contribution in [0.5, 0.6) is 0 Å². The summed E-state index contributed by atoms with van der Waals surface area (Å²) < 4.78 is 13.8. The maximum absolute atomic E-state index is 13.8. The zero-order valence-corrected chi connectivity index (χ0v) is 14.4. The predicted octanol–water partition coefficient (Wildman–Crippen LogP) is 5.33. The van der Waals surface area contributed by atoms with Crippen LogP contribution >= 0.6 is 0 Å². The number of hydrogen-bond acceptors (Lipinski definition) is 1. The third-order valence-electron chi connectivity index (χ3n) is 5.07. The molecule has 1 saturated heterocycles. The Morgan fingerprint density at radius 1 is 0.870 bits per heavy atom. The molecule has 23 heavy (non-hydrogen) atoms. The molecule has 1 unspecified atom stereocenters. The Hall–Kier alpha value is -1.67. The first-order valence-electron chi connectivity index (χ1n) is 8.64. The largest absolute Gasteiger partial charge is 0.292 e. The molecule has 1 aliphatic heterocycles. The molecule has 0 saturated carbocycles. The van der Waals surface area contributed by atoms with E-state index in [9.17, 15) is 4.39 Å². The molecular weight excluding hydrogens is 285 g/mol. The molecule has 0 amide bonds. The Morgan fingerprint density at radius 2 is 1.52 bits per heavy atom. The first-order valence-corrected chi connectivity index (χ1v) is 8.64. The van der Waals surface area contributed by atoms with Gasteiger partial charge in [-0.05, 0) is 80.6 Å². The molecule has 1 fully saturated rings. The maximum atomic E-state index is 13.8. The first-order chi connectivity index (χ1) is 11.1. The highest BCUT2D eigenvalue weighted by molar-refractivity contribution is 5.43. The van der Waals surface area contributed by atoms with E-state index in [1.54, 1.807) is 6.07 Å². The number of rotatable bonds is 3. The Balaban J connectivity index is 2.11. The van der Waals surface area contributed by atoms with Crippen LogP contribution in [-0.2, 0) is 0 Å². The molecule has 122 valence electrons. The fourth-order valence-corrected chi connectivity index (χ4v) is 3.83. The van der Waals surface area contributed by atoms with Crippen LogP contribution in [0, 0.1) is 26.6 Å². The van der Waals surface area contributed by atoms with Crippen LogP contribution in [0.1, 0.15) is 53.1 Å². The van der Waals surface area contributed by atoms with Crippen LogP contribution in [0.4, 0.5) is 4.39 Å². The molecule has 0 radical (unpaired) electrons. The Labute approximate surface area is 139 Å². The molecular formula is C21H26FN. The van der Waals surface area contributed by atoms with Gasteiger partial charge in [0.05, 0.1) is 6.04 Å². The van der Waals surface area contributed by atoms with Crippen LogP contribution in [0.15, 0.2) is 36.4 Å². The minimum atomic E-state index is -0.118. The van der Waals surface area contributed by atoms with Gasteiger partial charge in [-0.3, -0.25) is 4.90 Å². The number of likely N-dealkylation sites (tertiary alicyclic amines) is 1. The smallest absolute Gasteiger partial charge is 0.126 e. The van der Waals surface area contributed by atoms with Gasteiger partial charge in [0, 0.05) is 0 Å². The van der Waals surface area contributed by atoms with Crippen molar-refractivity contribution in [2.75, 3.05) is 13.1 Å². The van der Waals surface area contributed by atoms with Crippen molar-refractivity contribution in [2.24, 2.45) is 0 Å². The highest BCUT2D eigenvalue weighted by Gasteiger charge is 2.26. The third kappa shape index (κ3) is 3.32. The highest BCUT2D eigenvalue weighted by atomic mass is 19.1. The van der Waals surface area contributed by atoms with E-state index in [-0.39, 0.29) is 11.9 Å². The van der Waals surface area contributed by atoms with Crippen molar-refractivity contribution in [3.05, 3.63) is 70.0 Å². The first kappa shape index (κ1) is 16.2. The van der Waals surface area contributed by atoms with E-state index in [1.807, 2.05) is 19.1 Å². The number of halogens is 1. The molecule has 1 nitrogen and oxygen atoms in total. The molecule has 1 atom stereocenters. The molecule has 3 rings (SSSR count). The van der Waals surface area contributed by atoms with E-state index in [0.29, 0.717) is 0 Å². The van der Waals surface area contributed by atoms with Gasteiger partial charge in [0.25, 0.3) is 0 Å². The molecule has 2 heteroatoms. The molecule has 0 aromatic heterocycles. The van der Waals surface area contributed by atoms with Crippen molar-refractivity contribution in [1.82, 2.24) is 4.90 Å². The second kappa shape index (κ2) is 6.84. The average molecular weight is 311 g/mol. The molecule has 1 aliphatic rings. The zero-order valence-electron chi connectivity index (χ0n) is 14.4. The standard InChI is InChI=1S/C21H26FN/c1-15-8-7-9-16(2)20(15)21(23-12-5-4-6-13-23)18-10-11-19(22)17(3)14-18/h7-11,14,21H,4-6,12-13H2,1-3H3. The lowest BCUT2D eigenvalue weighted by atomic mass is 9.88. The van der Waals surface area contributed by atoms with E-state index in [4.69, 9.17) is 0 Å². The summed E-state index contributed by atoms with van der Waals surface area (Å²) in [5, 5.41) is 0. The lowest BCUT2D eigenvalue weighted by molar-refractivity contribution is 0.186. The van der Waals surface area contributed by atoms with Crippen molar-refractivity contribution in [3.63, 3.8) is 0 Å². The molecule has 0 N–H and O–H groups in total. The molecule has 1 heterocycles. The normalized spacial score (nSPS) is 17.2. The third-order valence-corrected chi connectivity index (χ3v) is 5.07. The van der Waals surface area contributed by atoms with Crippen LogP contribution in [0.3, 0.4) is 0 Å². The van der Waals surface area contributed by atoms with Crippen molar-refractivity contribution in [1.29, 1.82) is 0 Å². The lowest BCUT2D eigenvalue weighted by Crippen LogP contribution is -2.35. The van der Waals surface area contributed by atoms with Gasteiger partial charge in [0.1, 0.15) is 5.82 Å². The van der Waals surface area contributed by atoms with Gasteiger partial charge < -0.3 is 0 Å². The lowest BCUT2D eigenvalue weighted by Gasteiger charge is -2.37. The number of aryl methyl sites for hydroxylation is 3. The van der Waals surface area contributed by atoms with E-state index in [1.165, 1.54) is 41.5 Å². The number of piperidine rings is 1. The minimum absolute atomic E-state index is 0.118. The van der Waals surface area contributed by atoms with Crippen LogP contribution in [0.2, 0.25) is 0 Å². The summed E-state index contributed by atoms with van der Waals surface area (Å²) in [5.41, 5.74) is 5.98. The van der Waals surface area contributed by atoms with Gasteiger partial charge in [0.2, 0.25) is 0 Å². The summed E-state index contributed by atoms with van der Waals surface area (Å²) in [7, 11) is 0. The maximum Gasteiger partial charge on any atom is 0.126 e.